The van der Waals surface area contributed by atoms with Crippen molar-refractivity contribution in [3.8, 4) is 11.1 Å². The number of hydrogen-bond donors (Lipinski definition) is 3. The minimum atomic E-state index is -1.13. The number of aryl methyl sites for hydroxylation is 1. The van der Waals surface area contributed by atoms with E-state index in [-0.39, 0.29) is 30.7 Å². The van der Waals surface area contributed by atoms with Crippen LogP contribution in [0, 0.1) is 5.92 Å². The first kappa shape index (κ1) is 24.0. The smallest absolute Gasteiger partial charge is 0.407 e. The molecule has 0 radical (unpaired) electrons. The molecule has 1 atom stereocenters. The van der Waals surface area contributed by atoms with Gasteiger partial charge >= 0.3 is 12.1 Å². The van der Waals surface area contributed by atoms with Crippen LogP contribution in [-0.2, 0) is 23.1 Å². The van der Waals surface area contributed by atoms with Crippen LogP contribution < -0.4 is 10.6 Å². The van der Waals surface area contributed by atoms with Crippen molar-refractivity contribution in [2.75, 3.05) is 6.61 Å². The number of fused-ring (bicyclic) bond motifs is 3. The van der Waals surface area contributed by atoms with Crippen molar-refractivity contribution in [3.05, 3.63) is 77.1 Å². The first-order valence-corrected chi connectivity index (χ1v) is 11.4. The summed E-state index contributed by atoms with van der Waals surface area (Å²) in [6, 6.07) is 15.3. The Labute approximate surface area is 203 Å². The first-order chi connectivity index (χ1) is 16.8. The van der Waals surface area contributed by atoms with Gasteiger partial charge in [0, 0.05) is 25.1 Å². The number of carboxylic acid groups (broad SMARTS) is 1. The van der Waals surface area contributed by atoms with Crippen molar-refractivity contribution in [2.45, 2.75) is 32.4 Å². The zero-order valence-electron chi connectivity index (χ0n) is 19.8. The van der Waals surface area contributed by atoms with Gasteiger partial charge in [-0.15, -0.1) is 0 Å². The van der Waals surface area contributed by atoms with E-state index in [1.165, 1.54) is 17.9 Å². The van der Waals surface area contributed by atoms with E-state index in [0.29, 0.717) is 5.56 Å². The van der Waals surface area contributed by atoms with E-state index in [9.17, 15) is 19.5 Å². The molecule has 1 aliphatic carbocycles. The lowest BCUT2D eigenvalue weighted by molar-refractivity contribution is -0.124. The van der Waals surface area contributed by atoms with Gasteiger partial charge in [0.1, 0.15) is 12.6 Å². The number of carboxylic acids is 1. The van der Waals surface area contributed by atoms with Crippen molar-refractivity contribution < 1.29 is 24.2 Å². The molecule has 2 amide bonds. The van der Waals surface area contributed by atoms with Gasteiger partial charge < -0.3 is 20.5 Å². The molecule has 0 saturated carbocycles. The second-order valence-electron chi connectivity index (χ2n) is 8.86. The van der Waals surface area contributed by atoms with Crippen LogP contribution in [0.15, 0.2) is 54.7 Å². The van der Waals surface area contributed by atoms with E-state index in [1.54, 1.807) is 13.8 Å². The lowest BCUT2D eigenvalue weighted by Gasteiger charge is -2.22. The van der Waals surface area contributed by atoms with Gasteiger partial charge in [0.2, 0.25) is 5.91 Å². The number of rotatable bonds is 8. The number of hydrogen-bond acceptors (Lipinski definition) is 5. The summed E-state index contributed by atoms with van der Waals surface area (Å²) >= 11 is 0. The standard InChI is InChI=1S/C26H28N4O5/c1-15(2)22(24(31)27-12-16-13-28-30(3)23(16)25(32)33)29-26(34)35-14-21-19-10-6-4-8-17(19)18-9-5-7-11-20(18)21/h4-11,13,15,21-22H,12,14H2,1-3H3,(H,27,31)(H,29,34)(H,32,33)/t22-/m0/s1. The van der Waals surface area contributed by atoms with Crippen LogP contribution in [-0.4, -0.2) is 45.5 Å². The third kappa shape index (κ3) is 4.89. The fourth-order valence-electron chi connectivity index (χ4n) is 4.48. The number of nitrogens with one attached hydrogen (secondary N) is 2. The lowest BCUT2D eigenvalue weighted by atomic mass is 9.98. The highest BCUT2D eigenvalue weighted by molar-refractivity contribution is 5.88. The van der Waals surface area contributed by atoms with Crippen LogP contribution in [0.5, 0.6) is 0 Å². The molecule has 0 saturated heterocycles. The zero-order chi connectivity index (χ0) is 25.1. The maximum absolute atomic E-state index is 12.8. The topological polar surface area (TPSA) is 123 Å². The molecule has 9 nitrogen and oxygen atoms in total. The van der Waals surface area contributed by atoms with E-state index in [0.717, 1.165) is 22.3 Å². The molecule has 1 aromatic heterocycles. The summed E-state index contributed by atoms with van der Waals surface area (Å²) in [5.41, 5.74) is 4.84. The summed E-state index contributed by atoms with van der Waals surface area (Å²) in [6.07, 6.45) is 0.709. The second-order valence-corrected chi connectivity index (χ2v) is 8.86. The van der Waals surface area contributed by atoms with Gasteiger partial charge in [-0.25, -0.2) is 9.59 Å². The molecule has 0 aliphatic heterocycles. The average molecular weight is 477 g/mol. The van der Waals surface area contributed by atoms with Crippen LogP contribution in [0.3, 0.4) is 0 Å². The second kappa shape index (κ2) is 10.0. The average Bonchev–Trinajstić information content (AvgIpc) is 3.37. The quantitative estimate of drug-likeness (QED) is 0.459. The van der Waals surface area contributed by atoms with Crippen LogP contribution in [0.2, 0.25) is 0 Å². The van der Waals surface area contributed by atoms with Gasteiger partial charge in [0.15, 0.2) is 5.69 Å². The molecule has 3 N–H and O–H groups in total. The fourth-order valence-corrected chi connectivity index (χ4v) is 4.48. The van der Waals surface area contributed by atoms with E-state index >= 15 is 0 Å². The SMILES string of the molecule is CC(C)[C@H](NC(=O)OCC1c2ccccc2-c2ccccc21)C(=O)NCc1cnn(C)c1C(=O)O. The fraction of sp³-hybridized carbons (Fsp3) is 0.308. The predicted octanol–water partition coefficient (Wildman–Crippen LogP) is 3.30. The third-order valence-electron chi connectivity index (χ3n) is 6.24. The summed E-state index contributed by atoms with van der Waals surface area (Å²) in [5.74, 6) is -1.87. The number of aromatic nitrogens is 2. The molecule has 0 fully saturated rings. The molecule has 0 spiro atoms. The summed E-state index contributed by atoms with van der Waals surface area (Å²) in [7, 11) is 1.52. The van der Waals surface area contributed by atoms with Crippen molar-refractivity contribution in [2.24, 2.45) is 13.0 Å². The van der Waals surface area contributed by atoms with Gasteiger partial charge in [0.05, 0.1) is 6.20 Å². The molecule has 1 heterocycles. The number of alkyl carbamates (subject to hydrolysis) is 1. The van der Waals surface area contributed by atoms with E-state index in [4.69, 9.17) is 4.74 Å². The van der Waals surface area contributed by atoms with Crippen LogP contribution in [0.4, 0.5) is 4.79 Å². The summed E-state index contributed by atoms with van der Waals surface area (Å²) in [5, 5.41) is 18.6. The van der Waals surface area contributed by atoms with Crippen molar-refractivity contribution >= 4 is 18.0 Å². The molecular formula is C26H28N4O5. The molecule has 182 valence electrons. The molecule has 0 bridgehead atoms. The van der Waals surface area contributed by atoms with Crippen LogP contribution in [0.25, 0.3) is 11.1 Å². The van der Waals surface area contributed by atoms with Gasteiger partial charge in [-0.05, 0) is 28.2 Å². The normalized spacial score (nSPS) is 13.1. The highest BCUT2D eigenvalue weighted by atomic mass is 16.5. The summed E-state index contributed by atoms with van der Waals surface area (Å²) in [4.78, 5) is 36.9. The van der Waals surface area contributed by atoms with Gasteiger partial charge in [-0.3, -0.25) is 9.48 Å². The number of aromatic carboxylic acids is 1. The van der Waals surface area contributed by atoms with Crippen molar-refractivity contribution in [1.29, 1.82) is 0 Å². The first-order valence-electron chi connectivity index (χ1n) is 11.4. The number of carbonyl (C=O) groups is 3. The van der Waals surface area contributed by atoms with Crippen molar-refractivity contribution in [3.63, 3.8) is 0 Å². The number of ether oxygens (including phenoxy) is 1. The summed E-state index contributed by atoms with van der Waals surface area (Å²) in [6.45, 7) is 3.73. The predicted molar refractivity (Wildman–Crippen MR) is 129 cm³/mol. The lowest BCUT2D eigenvalue weighted by Crippen LogP contribution is -2.49. The molecular weight excluding hydrogens is 448 g/mol. The maximum atomic E-state index is 12.8. The Balaban J connectivity index is 1.38. The van der Waals surface area contributed by atoms with Crippen molar-refractivity contribution in [1.82, 2.24) is 20.4 Å². The molecule has 3 aromatic rings. The van der Waals surface area contributed by atoms with Gasteiger partial charge in [0.25, 0.3) is 0 Å². The van der Waals surface area contributed by atoms with Gasteiger partial charge in [-0.1, -0.05) is 62.4 Å². The third-order valence-corrected chi connectivity index (χ3v) is 6.24. The molecule has 9 heteroatoms. The Morgan fingerprint density at radius 3 is 2.23 bits per heavy atom. The highest BCUT2D eigenvalue weighted by Crippen LogP contribution is 2.44. The van der Waals surface area contributed by atoms with Gasteiger partial charge in [-0.2, -0.15) is 5.10 Å². The van der Waals surface area contributed by atoms with Crippen LogP contribution >= 0.6 is 0 Å². The largest absolute Gasteiger partial charge is 0.477 e. The Morgan fingerprint density at radius 2 is 1.66 bits per heavy atom. The Kier molecular flexibility index (Phi) is 6.86. The minimum absolute atomic E-state index is 0.00380. The number of nitrogens with zero attached hydrogens (tertiary/aromatic N) is 2. The number of carbonyl (C=O) groups excluding carboxylic acids is 2. The summed E-state index contributed by atoms with van der Waals surface area (Å²) < 4.78 is 6.80. The Morgan fingerprint density at radius 1 is 1.06 bits per heavy atom. The van der Waals surface area contributed by atoms with E-state index in [2.05, 4.69) is 27.9 Å². The number of benzene rings is 2. The monoisotopic (exact) mass is 476 g/mol. The van der Waals surface area contributed by atoms with Crippen LogP contribution in [0.1, 0.15) is 46.9 Å². The Hall–Kier alpha value is -4.14. The molecule has 4 rings (SSSR count). The van der Waals surface area contributed by atoms with E-state index < -0.39 is 24.0 Å². The van der Waals surface area contributed by atoms with E-state index in [1.807, 2.05) is 36.4 Å². The maximum Gasteiger partial charge on any atom is 0.407 e. The highest BCUT2D eigenvalue weighted by Gasteiger charge is 2.30. The minimum Gasteiger partial charge on any atom is -0.477 e. The molecule has 0 unspecified atom stereocenters. The molecule has 2 aromatic carbocycles. The zero-order valence-corrected chi connectivity index (χ0v) is 19.8. The molecule has 35 heavy (non-hydrogen) atoms. The Bertz CT molecular complexity index is 1220. The number of amides is 2. The molecule has 1 aliphatic rings.